The maximum Gasteiger partial charge on any atom is 0.325 e. The van der Waals surface area contributed by atoms with E-state index in [0.29, 0.717) is 43.4 Å². The quantitative estimate of drug-likeness (QED) is 0.636. The predicted molar refractivity (Wildman–Crippen MR) is 107 cm³/mol. The van der Waals surface area contributed by atoms with E-state index in [0.717, 1.165) is 0 Å². The summed E-state index contributed by atoms with van der Waals surface area (Å²) in [6, 6.07) is 8.22. The van der Waals surface area contributed by atoms with Gasteiger partial charge in [-0.15, -0.1) is 0 Å². The molecule has 0 bridgehead atoms. The second-order valence-corrected chi connectivity index (χ2v) is 6.49. The van der Waals surface area contributed by atoms with E-state index in [9.17, 15) is 14.4 Å². The Kier molecular flexibility index (Phi) is 7.14. The Balaban J connectivity index is 1.36. The van der Waals surface area contributed by atoms with Crippen LogP contribution in [0.15, 0.2) is 42.7 Å². The molecule has 30 heavy (non-hydrogen) atoms. The van der Waals surface area contributed by atoms with Gasteiger partial charge in [-0.3, -0.25) is 14.4 Å². The van der Waals surface area contributed by atoms with Gasteiger partial charge in [0.1, 0.15) is 12.3 Å². The fourth-order valence-corrected chi connectivity index (χ4v) is 2.89. The highest BCUT2D eigenvalue weighted by molar-refractivity contribution is 5.96. The summed E-state index contributed by atoms with van der Waals surface area (Å²) in [6.45, 7) is 1.49. The number of hydrogen-bond donors (Lipinski definition) is 1. The average molecular weight is 413 g/mol. The third-order valence-electron chi connectivity index (χ3n) is 4.57. The third-order valence-corrected chi connectivity index (χ3v) is 4.57. The molecule has 1 N–H and O–H groups in total. The number of aromatic nitrogens is 2. The first-order valence-corrected chi connectivity index (χ1v) is 9.44. The minimum atomic E-state index is -0.679. The molecule has 1 aliphatic rings. The molecule has 2 amide bonds. The smallest absolute Gasteiger partial charge is 0.325 e. The van der Waals surface area contributed by atoms with E-state index in [1.54, 1.807) is 47.6 Å². The first-order valence-electron chi connectivity index (χ1n) is 9.44. The first-order chi connectivity index (χ1) is 14.6. The van der Waals surface area contributed by atoms with E-state index in [1.807, 2.05) is 4.90 Å². The van der Waals surface area contributed by atoms with Gasteiger partial charge in [0.25, 0.3) is 11.8 Å². The van der Waals surface area contributed by atoms with E-state index in [1.165, 1.54) is 7.11 Å². The lowest BCUT2D eigenvalue weighted by Gasteiger charge is -2.34. The molecule has 1 saturated heterocycles. The fraction of sp³-hybridized carbons (Fsp3) is 0.350. The number of anilines is 1. The van der Waals surface area contributed by atoms with Gasteiger partial charge in [-0.2, -0.15) is 0 Å². The molecule has 0 atom stereocenters. The lowest BCUT2D eigenvalue weighted by atomic mass is 10.2. The first kappa shape index (κ1) is 21.0. The van der Waals surface area contributed by atoms with Crippen molar-refractivity contribution in [1.82, 2.24) is 20.2 Å². The normalized spacial score (nSPS) is 13.5. The number of rotatable bonds is 7. The lowest BCUT2D eigenvalue weighted by molar-refractivity contribution is -0.151. The number of nitrogens with zero attached hydrogens (tertiary/aromatic N) is 4. The highest BCUT2D eigenvalue weighted by atomic mass is 16.5. The minimum Gasteiger partial charge on any atom is -0.497 e. The van der Waals surface area contributed by atoms with Gasteiger partial charge in [0.05, 0.1) is 7.11 Å². The minimum absolute atomic E-state index is 0.279. The highest BCUT2D eigenvalue weighted by Crippen LogP contribution is 2.11. The van der Waals surface area contributed by atoms with Crippen LogP contribution in [0.1, 0.15) is 10.4 Å². The van der Waals surface area contributed by atoms with Crippen molar-refractivity contribution in [2.45, 2.75) is 0 Å². The number of piperazine rings is 1. The van der Waals surface area contributed by atoms with Crippen LogP contribution >= 0.6 is 0 Å². The monoisotopic (exact) mass is 413 g/mol. The van der Waals surface area contributed by atoms with E-state index in [4.69, 9.17) is 9.47 Å². The molecule has 1 aromatic heterocycles. The summed E-state index contributed by atoms with van der Waals surface area (Å²) in [4.78, 5) is 48.2. The van der Waals surface area contributed by atoms with Crippen molar-refractivity contribution >= 4 is 23.7 Å². The molecule has 1 fully saturated rings. The molecule has 0 unspecified atom stereocenters. The summed E-state index contributed by atoms with van der Waals surface area (Å²) in [5, 5.41) is 2.46. The van der Waals surface area contributed by atoms with Crippen LogP contribution in [0, 0.1) is 0 Å². The molecule has 1 aliphatic heterocycles. The number of benzene rings is 1. The van der Waals surface area contributed by atoms with Gasteiger partial charge in [0.2, 0.25) is 5.95 Å². The van der Waals surface area contributed by atoms with E-state index in [2.05, 4.69) is 15.3 Å². The van der Waals surface area contributed by atoms with Gasteiger partial charge in [-0.25, -0.2) is 9.97 Å². The number of amides is 2. The van der Waals surface area contributed by atoms with Gasteiger partial charge in [-0.05, 0) is 30.3 Å². The molecule has 0 spiro atoms. The summed E-state index contributed by atoms with van der Waals surface area (Å²) in [5.41, 5.74) is 0.389. The molecule has 0 radical (unpaired) electrons. The molecule has 0 aliphatic carbocycles. The molecule has 3 rings (SSSR count). The standard InChI is InChI=1S/C20H23N5O5/c1-29-16-5-3-15(4-6-16)19(28)23-13-18(27)30-14-17(26)24-9-11-25(12-10-24)20-21-7-2-8-22-20/h2-8H,9-14H2,1H3,(H,23,28). The Morgan fingerprint density at radius 1 is 1.03 bits per heavy atom. The number of carbonyl (C=O) groups excluding carboxylic acids is 3. The summed E-state index contributed by atoms with van der Waals surface area (Å²) in [5.74, 6) is -0.120. The number of esters is 1. The summed E-state index contributed by atoms with van der Waals surface area (Å²) in [6.07, 6.45) is 3.35. The van der Waals surface area contributed by atoms with Crippen molar-refractivity contribution in [2.75, 3.05) is 51.3 Å². The SMILES string of the molecule is COc1ccc(C(=O)NCC(=O)OCC(=O)N2CCN(c3ncccn3)CC2)cc1. The third kappa shape index (κ3) is 5.66. The molecule has 10 nitrogen and oxygen atoms in total. The molecule has 2 aromatic rings. The molecular formula is C20H23N5O5. The molecular weight excluding hydrogens is 390 g/mol. The Labute approximate surface area is 173 Å². The van der Waals surface area contributed by atoms with Crippen LogP contribution in [0.2, 0.25) is 0 Å². The van der Waals surface area contributed by atoms with Crippen LogP contribution in [-0.2, 0) is 14.3 Å². The zero-order chi connectivity index (χ0) is 21.3. The van der Waals surface area contributed by atoms with Crippen LogP contribution < -0.4 is 15.0 Å². The van der Waals surface area contributed by atoms with Crippen molar-refractivity contribution in [2.24, 2.45) is 0 Å². The van der Waals surface area contributed by atoms with Gasteiger partial charge in [0.15, 0.2) is 6.61 Å². The second kappa shape index (κ2) is 10.2. The number of methoxy groups -OCH3 is 1. The number of nitrogens with one attached hydrogen (secondary N) is 1. The van der Waals surface area contributed by atoms with Gasteiger partial charge >= 0.3 is 5.97 Å². The van der Waals surface area contributed by atoms with E-state index >= 15 is 0 Å². The molecule has 1 aromatic carbocycles. The summed E-state index contributed by atoms with van der Waals surface area (Å²) in [7, 11) is 1.53. The molecule has 158 valence electrons. The van der Waals surface area contributed by atoms with Crippen molar-refractivity contribution in [1.29, 1.82) is 0 Å². The predicted octanol–water partition coefficient (Wildman–Crippen LogP) is 0.107. The zero-order valence-corrected chi connectivity index (χ0v) is 16.6. The number of ether oxygens (including phenoxy) is 2. The van der Waals surface area contributed by atoms with Crippen LogP contribution in [0.5, 0.6) is 5.75 Å². The summed E-state index contributed by atoms with van der Waals surface area (Å²) < 4.78 is 10.0. The van der Waals surface area contributed by atoms with Gasteiger partial charge in [-0.1, -0.05) is 0 Å². The van der Waals surface area contributed by atoms with Crippen LogP contribution in [0.4, 0.5) is 5.95 Å². The van der Waals surface area contributed by atoms with Gasteiger partial charge in [0, 0.05) is 44.1 Å². The van der Waals surface area contributed by atoms with Crippen molar-refractivity contribution in [3.8, 4) is 5.75 Å². The fourth-order valence-electron chi connectivity index (χ4n) is 2.89. The summed E-state index contributed by atoms with van der Waals surface area (Å²) >= 11 is 0. The van der Waals surface area contributed by atoms with Crippen LogP contribution in [0.3, 0.4) is 0 Å². The van der Waals surface area contributed by atoms with E-state index < -0.39 is 11.9 Å². The van der Waals surface area contributed by atoms with Crippen molar-refractivity contribution in [3.05, 3.63) is 48.3 Å². The Morgan fingerprint density at radius 3 is 2.33 bits per heavy atom. The Morgan fingerprint density at radius 2 is 1.70 bits per heavy atom. The van der Waals surface area contributed by atoms with Crippen LogP contribution in [-0.4, -0.2) is 79.1 Å². The van der Waals surface area contributed by atoms with Gasteiger partial charge < -0.3 is 24.6 Å². The maximum atomic E-state index is 12.3. The maximum absolute atomic E-state index is 12.3. The zero-order valence-electron chi connectivity index (χ0n) is 16.6. The Bertz CT molecular complexity index is 867. The lowest BCUT2D eigenvalue weighted by Crippen LogP contribution is -2.50. The van der Waals surface area contributed by atoms with Crippen molar-refractivity contribution < 1.29 is 23.9 Å². The van der Waals surface area contributed by atoms with E-state index in [-0.39, 0.29) is 19.1 Å². The number of carbonyl (C=O) groups is 3. The Hall–Kier alpha value is -3.69. The largest absolute Gasteiger partial charge is 0.497 e. The molecule has 10 heteroatoms. The van der Waals surface area contributed by atoms with Crippen molar-refractivity contribution in [3.63, 3.8) is 0 Å². The molecule has 0 saturated carbocycles. The van der Waals surface area contributed by atoms with Crippen LogP contribution in [0.25, 0.3) is 0 Å². The topological polar surface area (TPSA) is 114 Å². The average Bonchev–Trinajstić information content (AvgIpc) is 2.81. The number of hydrogen-bond acceptors (Lipinski definition) is 8. The second-order valence-electron chi connectivity index (χ2n) is 6.49. The molecule has 2 heterocycles. The highest BCUT2D eigenvalue weighted by Gasteiger charge is 2.23.